The first-order valence-electron chi connectivity index (χ1n) is 8.41. The second-order valence-electron chi connectivity index (χ2n) is 6.40. The second-order valence-corrected chi connectivity index (χ2v) is 6.40. The first-order chi connectivity index (χ1) is 12.3. The fourth-order valence-corrected chi connectivity index (χ4v) is 2.57. The van der Waals surface area contributed by atoms with Gasteiger partial charge < -0.3 is 24.8 Å². The number of nitrogens with zero attached hydrogens (tertiary/aromatic N) is 3. The van der Waals surface area contributed by atoms with Crippen LogP contribution in [0.5, 0.6) is 0 Å². The van der Waals surface area contributed by atoms with Crippen LogP contribution in [-0.4, -0.2) is 58.6 Å². The Morgan fingerprint density at radius 3 is 2.46 bits per heavy atom. The number of anilines is 2. The highest BCUT2D eigenvalue weighted by Gasteiger charge is 2.23. The zero-order chi connectivity index (χ0) is 19.3. The van der Waals surface area contributed by atoms with Gasteiger partial charge in [0.15, 0.2) is 17.2 Å². The SMILES string of the molecule is CC(C)OC(=O)C(=CNc1ccc(N2CC(C)OC(C)C2)nn1)C(=O)O. The van der Waals surface area contributed by atoms with Crippen LogP contribution >= 0.6 is 0 Å². The molecule has 0 bridgehead atoms. The normalized spacial score (nSPS) is 20.8. The Labute approximate surface area is 152 Å². The van der Waals surface area contributed by atoms with Gasteiger partial charge in [0.1, 0.15) is 0 Å². The monoisotopic (exact) mass is 364 g/mol. The smallest absolute Gasteiger partial charge is 0.347 e. The number of hydrogen-bond donors (Lipinski definition) is 2. The van der Waals surface area contributed by atoms with Gasteiger partial charge in [0.2, 0.25) is 0 Å². The van der Waals surface area contributed by atoms with Gasteiger partial charge in [0.25, 0.3) is 0 Å². The highest BCUT2D eigenvalue weighted by molar-refractivity contribution is 6.13. The lowest BCUT2D eigenvalue weighted by Crippen LogP contribution is -2.45. The quantitative estimate of drug-likeness (QED) is 0.335. The molecular weight excluding hydrogens is 340 g/mol. The number of aromatic nitrogens is 2. The first kappa shape index (κ1) is 19.6. The topological polar surface area (TPSA) is 114 Å². The molecule has 26 heavy (non-hydrogen) atoms. The molecule has 2 rings (SSSR count). The summed E-state index contributed by atoms with van der Waals surface area (Å²) in [4.78, 5) is 25.1. The summed E-state index contributed by atoms with van der Waals surface area (Å²) in [7, 11) is 0. The van der Waals surface area contributed by atoms with E-state index in [4.69, 9.17) is 14.6 Å². The van der Waals surface area contributed by atoms with Crippen LogP contribution < -0.4 is 10.2 Å². The maximum absolute atomic E-state index is 11.8. The zero-order valence-corrected chi connectivity index (χ0v) is 15.3. The number of carbonyl (C=O) groups excluding carboxylic acids is 1. The molecule has 142 valence electrons. The van der Waals surface area contributed by atoms with E-state index in [1.807, 2.05) is 13.8 Å². The Balaban J connectivity index is 2.05. The van der Waals surface area contributed by atoms with E-state index >= 15 is 0 Å². The molecule has 1 aliphatic rings. The molecule has 0 radical (unpaired) electrons. The minimum atomic E-state index is -1.39. The highest BCUT2D eigenvalue weighted by atomic mass is 16.5. The summed E-state index contributed by atoms with van der Waals surface area (Å²) in [5.74, 6) is -1.27. The number of hydrogen-bond acceptors (Lipinski definition) is 8. The van der Waals surface area contributed by atoms with Gasteiger partial charge >= 0.3 is 11.9 Å². The van der Waals surface area contributed by atoms with Crippen LogP contribution in [0.4, 0.5) is 11.6 Å². The van der Waals surface area contributed by atoms with Crippen LogP contribution in [0, 0.1) is 0 Å². The number of nitrogens with one attached hydrogen (secondary N) is 1. The molecule has 2 heterocycles. The third-order valence-electron chi connectivity index (χ3n) is 3.55. The van der Waals surface area contributed by atoms with E-state index in [9.17, 15) is 9.59 Å². The standard InChI is InChI=1S/C17H24N4O5/c1-10(2)25-17(24)13(16(22)23)7-18-14-5-6-15(20-19-14)21-8-11(3)26-12(4)9-21/h5-7,10-12H,8-9H2,1-4H3,(H,18,19)(H,22,23). The van der Waals surface area contributed by atoms with E-state index in [1.165, 1.54) is 0 Å². The molecule has 0 aromatic carbocycles. The minimum absolute atomic E-state index is 0.103. The van der Waals surface area contributed by atoms with Crippen molar-refractivity contribution in [3.63, 3.8) is 0 Å². The number of carbonyl (C=O) groups is 2. The summed E-state index contributed by atoms with van der Waals surface area (Å²) in [6, 6.07) is 3.44. The fraction of sp³-hybridized carbons (Fsp3) is 0.529. The van der Waals surface area contributed by atoms with Crippen molar-refractivity contribution in [1.82, 2.24) is 10.2 Å². The molecule has 2 unspecified atom stereocenters. The Morgan fingerprint density at radius 2 is 1.96 bits per heavy atom. The Kier molecular flexibility index (Phi) is 6.51. The summed E-state index contributed by atoms with van der Waals surface area (Å²) in [5, 5.41) is 20.0. The van der Waals surface area contributed by atoms with Crippen molar-refractivity contribution >= 4 is 23.6 Å². The van der Waals surface area contributed by atoms with Crippen LogP contribution in [0.2, 0.25) is 0 Å². The van der Waals surface area contributed by atoms with Crippen LogP contribution in [0.15, 0.2) is 23.9 Å². The van der Waals surface area contributed by atoms with Gasteiger partial charge in [-0.3, -0.25) is 0 Å². The average Bonchev–Trinajstić information content (AvgIpc) is 2.53. The van der Waals surface area contributed by atoms with Crippen molar-refractivity contribution < 1.29 is 24.2 Å². The maximum atomic E-state index is 11.8. The molecule has 9 nitrogen and oxygen atoms in total. The molecule has 2 atom stereocenters. The van der Waals surface area contributed by atoms with Crippen molar-refractivity contribution in [3.05, 3.63) is 23.9 Å². The maximum Gasteiger partial charge on any atom is 0.347 e. The predicted molar refractivity (Wildman–Crippen MR) is 94.8 cm³/mol. The molecule has 0 spiro atoms. The second kappa shape index (κ2) is 8.61. The zero-order valence-electron chi connectivity index (χ0n) is 15.3. The largest absolute Gasteiger partial charge is 0.477 e. The molecule has 1 aliphatic heterocycles. The summed E-state index contributed by atoms with van der Waals surface area (Å²) in [6.07, 6.45) is 0.843. The van der Waals surface area contributed by atoms with E-state index in [1.54, 1.807) is 26.0 Å². The molecule has 9 heteroatoms. The highest BCUT2D eigenvalue weighted by Crippen LogP contribution is 2.18. The number of rotatable bonds is 6. The summed E-state index contributed by atoms with van der Waals surface area (Å²) in [6.45, 7) is 8.72. The van der Waals surface area contributed by atoms with Gasteiger partial charge in [-0.15, -0.1) is 10.2 Å². The lowest BCUT2D eigenvalue weighted by atomic mass is 10.2. The Bertz CT molecular complexity index is 664. The number of carboxylic acids is 1. The predicted octanol–water partition coefficient (Wildman–Crippen LogP) is 1.42. The molecular formula is C17H24N4O5. The van der Waals surface area contributed by atoms with Crippen LogP contribution in [0.1, 0.15) is 27.7 Å². The first-order valence-corrected chi connectivity index (χ1v) is 8.41. The number of aliphatic carboxylic acids is 1. The Hall–Kier alpha value is -2.68. The van der Waals surface area contributed by atoms with Crippen LogP contribution in [0.3, 0.4) is 0 Å². The molecule has 1 aromatic rings. The number of esters is 1. The molecule has 0 amide bonds. The van der Waals surface area contributed by atoms with Crippen molar-refractivity contribution in [2.45, 2.75) is 46.0 Å². The van der Waals surface area contributed by atoms with E-state index in [2.05, 4.69) is 20.4 Å². The number of carboxylic acid groups (broad SMARTS) is 1. The van der Waals surface area contributed by atoms with Gasteiger partial charge in [0, 0.05) is 19.3 Å². The summed E-state index contributed by atoms with van der Waals surface area (Å²) in [5.41, 5.74) is -0.514. The number of ether oxygens (including phenoxy) is 2. The van der Waals surface area contributed by atoms with Gasteiger partial charge in [-0.05, 0) is 39.8 Å². The van der Waals surface area contributed by atoms with Crippen molar-refractivity contribution in [3.8, 4) is 0 Å². The van der Waals surface area contributed by atoms with Crippen LogP contribution in [0.25, 0.3) is 0 Å². The lowest BCUT2D eigenvalue weighted by Gasteiger charge is -2.35. The molecule has 0 saturated carbocycles. The summed E-state index contributed by atoms with van der Waals surface area (Å²) >= 11 is 0. The van der Waals surface area contributed by atoms with Gasteiger partial charge in [-0.1, -0.05) is 0 Å². The third kappa shape index (κ3) is 5.41. The van der Waals surface area contributed by atoms with E-state index in [0.29, 0.717) is 11.6 Å². The summed E-state index contributed by atoms with van der Waals surface area (Å²) < 4.78 is 10.6. The fourth-order valence-electron chi connectivity index (χ4n) is 2.57. The van der Waals surface area contributed by atoms with Crippen molar-refractivity contribution in [1.29, 1.82) is 0 Å². The van der Waals surface area contributed by atoms with E-state index in [0.717, 1.165) is 19.3 Å². The van der Waals surface area contributed by atoms with Crippen LogP contribution in [-0.2, 0) is 19.1 Å². The number of morpholine rings is 1. The van der Waals surface area contributed by atoms with Crippen molar-refractivity contribution in [2.24, 2.45) is 0 Å². The molecule has 2 N–H and O–H groups in total. The molecule has 1 saturated heterocycles. The van der Waals surface area contributed by atoms with Crippen molar-refractivity contribution in [2.75, 3.05) is 23.3 Å². The molecule has 1 fully saturated rings. The molecule has 0 aliphatic carbocycles. The third-order valence-corrected chi connectivity index (χ3v) is 3.55. The van der Waals surface area contributed by atoms with E-state index < -0.39 is 23.6 Å². The van der Waals surface area contributed by atoms with Gasteiger partial charge in [-0.25, -0.2) is 9.59 Å². The minimum Gasteiger partial charge on any atom is -0.477 e. The lowest BCUT2D eigenvalue weighted by molar-refractivity contribution is -0.146. The Morgan fingerprint density at radius 1 is 1.31 bits per heavy atom. The van der Waals surface area contributed by atoms with Gasteiger partial charge in [-0.2, -0.15) is 0 Å². The molecule has 1 aromatic heterocycles. The van der Waals surface area contributed by atoms with Gasteiger partial charge in [0.05, 0.1) is 18.3 Å². The van der Waals surface area contributed by atoms with E-state index in [-0.39, 0.29) is 12.2 Å². The average molecular weight is 364 g/mol.